The second kappa shape index (κ2) is 6.75. The molecule has 20 heavy (non-hydrogen) atoms. The Morgan fingerprint density at radius 1 is 1.35 bits per heavy atom. The van der Waals surface area contributed by atoms with Gasteiger partial charge in [0.25, 0.3) is 0 Å². The molecule has 0 bridgehead atoms. The summed E-state index contributed by atoms with van der Waals surface area (Å²) in [5.74, 6) is 0.996. The first-order valence-corrected chi connectivity index (χ1v) is 7.27. The third kappa shape index (κ3) is 4.53. The molecule has 0 unspecified atom stereocenters. The topological polar surface area (TPSA) is 41.6 Å². The molecule has 1 aromatic carbocycles. The molecule has 0 aromatic heterocycles. The fraction of sp³-hybridized carbons (Fsp3) is 0.562. The minimum Gasteiger partial charge on any atom is -0.493 e. The molecule has 1 heterocycles. The lowest BCUT2D eigenvalue weighted by Gasteiger charge is -2.30. The minimum atomic E-state index is -0.00749. The van der Waals surface area contributed by atoms with E-state index in [4.69, 9.17) is 4.74 Å². The fourth-order valence-corrected chi connectivity index (χ4v) is 2.45. The normalized spacial score (nSPS) is 18.4. The van der Waals surface area contributed by atoms with Gasteiger partial charge in [0.15, 0.2) is 0 Å². The van der Waals surface area contributed by atoms with Crippen molar-refractivity contribution < 1.29 is 9.53 Å². The van der Waals surface area contributed by atoms with Crippen LogP contribution in [0.2, 0.25) is 0 Å². The van der Waals surface area contributed by atoms with Gasteiger partial charge in [0, 0.05) is 18.6 Å². The number of nitrogens with zero attached hydrogens (tertiary/aromatic N) is 1. The number of ether oxygens (including phenoxy) is 1. The van der Waals surface area contributed by atoms with Crippen LogP contribution in [0.4, 0.5) is 0 Å². The first-order chi connectivity index (χ1) is 9.57. The molecule has 1 N–H and O–H groups in total. The zero-order valence-corrected chi connectivity index (χ0v) is 12.4. The van der Waals surface area contributed by atoms with Crippen LogP contribution in [0.3, 0.4) is 0 Å². The minimum absolute atomic E-state index is 0.00749. The number of nitrogens with one attached hydrogen (secondary N) is 1. The first kappa shape index (κ1) is 14.9. The van der Waals surface area contributed by atoms with Crippen molar-refractivity contribution in [2.75, 3.05) is 26.2 Å². The van der Waals surface area contributed by atoms with E-state index in [0.717, 1.165) is 31.8 Å². The van der Waals surface area contributed by atoms with Crippen LogP contribution < -0.4 is 10.1 Å². The van der Waals surface area contributed by atoms with Gasteiger partial charge in [-0.2, -0.15) is 0 Å². The SMILES string of the molecule is CC1(C)CN(C(=O)CCOc2ccccc2)CCCN1. The molecular formula is C16H24N2O2. The number of para-hydroxylation sites is 1. The van der Waals surface area contributed by atoms with E-state index < -0.39 is 0 Å². The molecule has 1 saturated heterocycles. The summed E-state index contributed by atoms with van der Waals surface area (Å²) in [5.41, 5.74) is -0.00749. The number of hydrogen-bond donors (Lipinski definition) is 1. The molecule has 4 heteroatoms. The van der Waals surface area contributed by atoms with Crippen molar-refractivity contribution in [2.45, 2.75) is 32.2 Å². The van der Waals surface area contributed by atoms with Crippen molar-refractivity contribution in [1.29, 1.82) is 0 Å². The lowest BCUT2D eigenvalue weighted by atomic mass is 10.1. The van der Waals surface area contributed by atoms with Gasteiger partial charge in [-0.05, 0) is 38.9 Å². The average Bonchev–Trinajstić information content (AvgIpc) is 2.61. The molecule has 1 fully saturated rings. The van der Waals surface area contributed by atoms with E-state index >= 15 is 0 Å². The summed E-state index contributed by atoms with van der Waals surface area (Å²) in [6.07, 6.45) is 1.44. The Labute approximate surface area is 121 Å². The maximum Gasteiger partial charge on any atom is 0.226 e. The number of carbonyl (C=O) groups is 1. The molecular weight excluding hydrogens is 252 g/mol. The molecule has 2 rings (SSSR count). The van der Waals surface area contributed by atoms with Crippen LogP contribution >= 0.6 is 0 Å². The standard InChI is InChI=1S/C16H24N2O2/c1-16(2)13-18(11-6-10-17-16)15(19)9-12-20-14-7-4-3-5-8-14/h3-5,7-8,17H,6,9-13H2,1-2H3. The summed E-state index contributed by atoms with van der Waals surface area (Å²) in [4.78, 5) is 14.2. The number of carbonyl (C=O) groups excluding carboxylic acids is 1. The maximum atomic E-state index is 12.2. The lowest BCUT2D eigenvalue weighted by molar-refractivity contribution is -0.132. The molecule has 1 aromatic rings. The fourth-order valence-electron chi connectivity index (χ4n) is 2.45. The molecule has 0 saturated carbocycles. The first-order valence-electron chi connectivity index (χ1n) is 7.27. The van der Waals surface area contributed by atoms with E-state index in [0.29, 0.717) is 13.0 Å². The van der Waals surface area contributed by atoms with Crippen molar-refractivity contribution in [3.63, 3.8) is 0 Å². The molecule has 0 radical (unpaired) electrons. The average molecular weight is 276 g/mol. The largest absolute Gasteiger partial charge is 0.493 e. The summed E-state index contributed by atoms with van der Waals surface area (Å²) in [7, 11) is 0. The summed E-state index contributed by atoms with van der Waals surface area (Å²) >= 11 is 0. The molecule has 1 aliphatic rings. The van der Waals surface area contributed by atoms with Crippen molar-refractivity contribution >= 4 is 5.91 Å². The van der Waals surface area contributed by atoms with E-state index in [1.165, 1.54) is 0 Å². The Hall–Kier alpha value is -1.55. The predicted octanol–water partition coefficient (Wildman–Crippen LogP) is 2.06. The Balaban J connectivity index is 1.79. The number of rotatable bonds is 4. The quantitative estimate of drug-likeness (QED) is 0.915. The van der Waals surface area contributed by atoms with Crippen molar-refractivity contribution in [1.82, 2.24) is 10.2 Å². The van der Waals surface area contributed by atoms with Gasteiger partial charge in [-0.15, -0.1) is 0 Å². The van der Waals surface area contributed by atoms with Crippen LogP contribution in [0.15, 0.2) is 30.3 Å². The maximum absolute atomic E-state index is 12.2. The number of benzene rings is 1. The van der Waals surface area contributed by atoms with E-state index in [1.54, 1.807) is 0 Å². The zero-order chi connectivity index (χ0) is 14.4. The smallest absolute Gasteiger partial charge is 0.226 e. The van der Waals surface area contributed by atoms with Crippen LogP contribution in [0.25, 0.3) is 0 Å². The zero-order valence-electron chi connectivity index (χ0n) is 12.4. The van der Waals surface area contributed by atoms with Crippen LogP contribution in [0.1, 0.15) is 26.7 Å². The molecule has 0 spiro atoms. The molecule has 110 valence electrons. The molecule has 0 atom stereocenters. The highest BCUT2D eigenvalue weighted by Crippen LogP contribution is 2.12. The Bertz CT molecular complexity index is 431. The van der Waals surface area contributed by atoms with Crippen LogP contribution in [0, 0.1) is 0 Å². The molecule has 1 amide bonds. The van der Waals surface area contributed by atoms with Gasteiger partial charge in [-0.1, -0.05) is 18.2 Å². The van der Waals surface area contributed by atoms with Gasteiger partial charge < -0.3 is 15.0 Å². The van der Waals surface area contributed by atoms with Gasteiger partial charge in [-0.25, -0.2) is 0 Å². The van der Waals surface area contributed by atoms with Crippen LogP contribution in [-0.4, -0.2) is 42.6 Å². The number of amides is 1. The summed E-state index contributed by atoms with van der Waals surface area (Å²) < 4.78 is 5.59. The van der Waals surface area contributed by atoms with Crippen molar-refractivity contribution in [2.24, 2.45) is 0 Å². The summed E-state index contributed by atoms with van der Waals surface area (Å²) in [6.45, 7) is 7.28. The summed E-state index contributed by atoms with van der Waals surface area (Å²) in [5, 5.41) is 3.46. The lowest BCUT2D eigenvalue weighted by Crippen LogP contribution is -2.48. The van der Waals surface area contributed by atoms with Crippen LogP contribution in [-0.2, 0) is 4.79 Å². The summed E-state index contributed by atoms with van der Waals surface area (Å²) in [6, 6.07) is 9.62. The molecule has 1 aliphatic heterocycles. The Morgan fingerprint density at radius 3 is 2.85 bits per heavy atom. The van der Waals surface area contributed by atoms with E-state index in [9.17, 15) is 4.79 Å². The highest BCUT2D eigenvalue weighted by molar-refractivity contribution is 5.76. The van der Waals surface area contributed by atoms with Gasteiger partial charge >= 0.3 is 0 Å². The Kier molecular flexibility index (Phi) is 5.01. The van der Waals surface area contributed by atoms with Crippen LogP contribution in [0.5, 0.6) is 5.75 Å². The van der Waals surface area contributed by atoms with Crippen molar-refractivity contribution in [3.05, 3.63) is 30.3 Å². The second-order valence-corrected chi connectivity index (χ2v) is 5.89. The van der Waals surface area contributed by atoms with Gasteiger partial charge in [0.2, 0.25) is 5.91 Å². The van der Waals surface area contributed by atoms with Gasteiger partial charge in [0.1, 0.15) is 5.75 Å². The van der Waals surface area contributed by atoms with E-state index in [1.807, 2.05) is 35.2 Å². The molecule has 4 nitrogen and oxygen atoms in total. The molecule has 0 aliphatic carbocycles. The van der Waals surface area contributed by atoms with Gasteiger partial charge in [0.05, 0.1) is 13.0 Å². The number of hydrogen-bond acceptors (Lipinski definition) is 3. The van der Waals surface area contributed by atoms with E-state index in [2.05, 4.69) is 19.2 Å². The third-order valence-electron chi connectivity index (χ3n) is 3.48. The second-order valence-electron chi connectivity index (χ2n) is 5.89. The van der Waals surface area contributed by atoms with Crippen molar-refractivity contribution in [3.8, 4) is 5.75 Å². The monoisotopic (exact) mass is 276 g/mol. The third-order valence-corrected chi connectivity index (χ3v) is 3.48. The van der Waals surface area contributed by atoms with Gasteiger partial charge in [-0.3, -0.25) is 4.79 Å². The Morgan fingerprint density at radius 2 is 2.10 bits per heavy atom. The van der Waals surface area contributed by atoms with E-state index in [-0.39, 0.29) is 11.4 Å². The highest BCUT2D eigenvalue weighted by Gasteiger charge is 2.26. The predicted molar refractivity (Wildman–Crippen MR) is 79.8 cm³/mol. The highest BCUT2D eigenvalue weighted by atomic mass is 16.5.